The van der Waals surface area contributed by atoms with Crippen molar-refractivity contribution in [1.29, 1.82) is 0 Å². The SMILES string of the molecule is Cc1ccc2[nH]ncc2c1-c1nc(-c2cc(F)ccc2NS(=O)(=O)C2CC2)nc(C(N)=O)c1N. The fourth-order valence-corrected chi connectivity index (χ4v) is 5.22. The minimum atomic E-state index is -3.67. The van der Waals surface area contributed by atoms with Crippen LogP contribution in [0.4, 0.5) is 15.8 Å². The van der Waals surface area contributed by atoms with Gasteiger partial charge in [-0.05, 0) is 49.6 Å². The fraction of sp³-hybridized carbons (Fsp3) is 0.182. The second-order valence-corrected chi connectivity index (χ2v) is 10.1. The summed E-state index contributed by atoms with van der Waals surface area (Å²) >= 11 is 0. The molecule has 1 aliphatic rings. The first kappa shape index (κ1) is 21.8. The van der Waals surface area contributed by atoms with Crippen molar-refractivity contribution >= 4 is 38.2 Å². The van der Waals surface area contributed by atoms with Crippen molar-refractivity contribution in [3.05, 3.63) is 53.6 Å². The lowest BCUT2D eigenvalue weighted by Crippen LogP contribution is -2.19. The lowest BCUT2D eigenvalue weighted by Gasteiger charge is -2.16. The first-order chi connectivity index (χ1) is 16.2. The average molecular weight is 482 g/mol. The summed E-state index contributed by atoms with van der Waals surface area (Å²) in [5.41, 5.74) is 13.9. The largest absolute Gasteiger partial charge is 0.395 e. The Kier molecular flexibility index (Phi) is 4.97. The van der Waals surface area contributed by atoms with Gasteiger partial charge in [0.25, 0.3) is 5.91 Å². The maximum Gasteiger partial charge on any atom is 0.269 e. The molecule has 0 saturated heterocycles. The standard InChI is InChI=1S/C22H20FN7O3S/c1-10-2-6-15-14(9-26-29-15)17(10)19-18(24)20(21(25)31)28-22(27-19)13-8-11(23)3-7-16(13)30-34(32,33)12-4-5-12/h2-3,6-9,12,30H,4-5,24H2,1H3,(H2,25,31)(H,26,29). The Morgan fingerprint density at radius 1 is 1.21 bits per heavy atom. The third-order valence-corrected chi connectivity index (χ3v) is 7.54. The second kappa shape index (κ2) is 7.76. The van der Waals surface area contributed by atoms with E-state index in [2.05, 4.69) is 24.9 Å². The molecule has 1 saturated carbocycles. The van der Waals surface area contributed by atoms with Crippen LogP contribution in [0.5, 0.6) is 0 Å². The fourth-order valence-electron chi connectivity index (χ4n) is 3.81. The van der Waals surface area contributed by atoms with E-state index in [1.165, 1.54) is 6.07 Å². The minimum absolute atomic E-state index is 0.0463. The van der Waals surface area contributed by atoms with E-state index in [1.54, 1.807) is 6.20 Å². The molecule has 1 amide bonds. The van der Waals surface area contributed by atoms with Gasteiger partial charge in [-0.25, -0.2) is 22.8 Å². The molecule has 0 atom stereocenters. The van der Waals surface area contributed by atoms with Crippen molar-refractivity contribution < 1.29 is 17.6 Å². The minimum Gasteiger partial charge on any atom is -0.395 e. The molecule has 0 unspecified atom stereocenters. The molecule has 10 nitrogen and oxygen atoms in total. The highest BCUT2D eigenvalue weighted by molar-refractivity contribution is 7.93. The van der Waals surface area contributed by atoms with Gasteiger partial charge in [-0.15, -0.1) is 0 Å². The summed E-state index contributed by atoms with van der Waals surface area (Å²) in [5, 5.41) is 7.12. The molecule has 2 aromatic heterocycles. The van der Waals surface area contributed by atoms with Crippen molar-refractivity contribution in [2.75, 3.05) is 10.5 Å². The number of aromatic amines is 1. The number of carbonyl (C=O) groups is 1. The van der Waals surface area contributed by atoms with E-state index in [0.29, 0.717) is 29.3 Å². The van der Waals surface area contributed by atoms with Gasteiger partial charge in [0.2, 0.25) is 10.0 Å². The number of primary amides is 1. The average Bonchev–Trinajstić information content (AvgIpc) is 3.55. The molecule has 34 heavy (non-hydrogen) atoms. The molecule has 5 rings (SSSR count). The van der Waals surface area contributed by atoms with E-state index in [-0.39, 0.29) is 34.2 Å². The zero-order chi connectivity index (χ0) is 24.2. The molecule has 0 bridgehead atoms. The molecule has 12 heteroatoms. The highest BCUT2D eigenvalue weighted by atomic mass is 32.2. The Morgan fingerprint density at radius 3 is 2.68 bits per heavy atom. The lowest BCUT2D eigenvalue weighted by molar-refractivity contribution is 0.0996. The van der Waals surface area contributed by atoms with Crippen molar-refractivity contribution in [1.82, 2.24) is 20.2 Å². The van der Waals surface area contributed by atoms with Gasteiger partial charge < -0.3 is 11.5 Å². The maximum absolute atomic E-state index is 14.3. The molecule has 6 N–H and O–H groups in total. The summed E-state index contributed by atoms with van der Waals surface area (Å²) in [6.45, 7) is 1.84. The Bertz CT molecular complexity index is 1580. The van der Waals surface area contributed by atoms with Crippen LogP contribution in [0.15, 0.2) is 36.5 Å². The number of aryl methyl sites for hydroxylation is 1. The number of benzene rings is 2. The van der Waals surface area contributed by atoms with Gasteiger partial charge in [0.05, 0.1) is 34.0 Å². The second-order valence-electron chi connectivity index (χ2n) is 8.15. The number of nitrogens with zero attached hydrogens (tertiary/aromatic N) is 3. The summed E-state index contributed by atoms with van der Waals surface area (Å²) < 4.78 is 41.9. The van der Waals surface area contributed by atoms with Crippen molar-refractivity contribution in [2.45, 2.75) is 25.0 Å². The van der Waals surface area contributed by atoms with Gasteiger partial charge in [0.15, 0.2) is 11.5 Å². The molecule has 0 aliphatic heterocycles. The summed E-state index contributed by atoms with van der Waals surface area (Å²) in [6.07, 6.45) is 2.70. The van der Waals surface area contributed by atoms with Crippen LogP contribution in [0, 0.1) is 12.7 Å². The Hall–Kier alpha value is -4.06. The number of aromatic nitrogens is 4. The summed E-state index contributed by atoms with van der Waals surface area (Å²) in [4.78, 5) is 20.9. The van der Waals surface area contributed by atoms with Gasteiger partial charge in [-0.3, -0.25) is 14.6 Å². The monoisotopic (exact) mass is 481 g/mol. The molecule has 1 fully saturated rings. The number of fused-ring (bicyclic) bond motifs is 1. The van der Waals surface area contributed by atoms with E-state index in [4.69, 9.17) is 11.5 Å². The molecule has 4 aromatic rings. The third-order valence-electron chi connectivity index (χ3n) is 5.69. The van der Waals surface area contributed by atoms with Gasteiger partial charge in [0, 0.05) is 16.5 Å². The molecular formula is C22H20FN7O3S. The first-order valence-corrected chi connectivity index (χ1v) is 11.9. The zero-order valence-corrected chi connectivity index (χ0v) is 18.8. The lowest BCUT2D eigenvalue weighted by atomic mass is 9.99. The summed E-state index contributed by atoms with van der Waals surface area (Å²) in [6, 6.07) is 7.17. The predicted octanol–water partition coefficient (Wildman–Crippen LogP) is 2.72. The number of carbonyl (C=O) groups excluding carboxylic acids is 1. The van der Waals surface area contributed by atoms with Crippen LogP contribution in [0.25, 0.3) is 33.5 Å². The van der Waals surface area contributed by atoms with Crippen LogP contribution in [-0.4, -0.2) is 39.7 Å². The number of H-pyrrole nitrogens is 1. The van der Waals surface area contributed by atoms with E-state index < -0.39 is 27.0 Å². The third kappa shape index (κ3) is 3.71. The van der Waals surface area contributed by atoms with Crippen LogP contribution >= 0.6 is 0 Å². The van der Waals surface area contributed by atoms with Crippen LogP contribution in [-0.2, 0) is 10.0 Å². The van der Waals surface area contributed by atoms with Gasteiger partial charge >= 0.3 is 0 Å². The Labute approximate surface area is 193 Å². The van der Waals surface area contributed by atoms with Crippen LogP contribution in [0.1, 0.15) is 28.9 Å². The zero-order valence-electron chi connectivity index (χ0n) is 18.0. The number of rotatable bonds is 6. The normalized spacial score (nSPS) is 13.8. The Balaban J connectivity index is 1.77. The van der Waals surface area contributed by atoms with E-state index >= 15 is 0 Å². The predicted molar refractivity (Wildman–Crippen MR) is 126 cm³/mol. The number of amides is 1. The van der Waals surface area contributed by atoms with Gasteiger partial charge in [-0.1, -0.05) is 6.07 Å². The molecule has 2 heterocycles. The molecule has 0 radical (unpaired) electrons. The first-order valence-electron chi connectivity index (χ1n) is 10.4. The number of nitrogen functional groups attached to an aromatic ring is 1. The van der Waals surface area contributed by atoms with Crippen LogP contribution < -0.4 is 16.2 Å². The quantitative estimate of drug-likeness (QED) is 0.328. The van der Waals surface area contributed by atoms with Crippen molar-refractivity contribution in [2.24, 2.45) is 5.73 Å². The number of nitrogens with two attached hydrogens (primary N) is 2. The number of nitrogens with one attached hydrogen (secondary N) is 2. The van der Waals surface area contributed by atoms with Crippen LogP contribution in [0.3, 0.4) is 0 Å². The highest BCUT2D eigenvalue weighted by Crippen LogP contribution is 2.38. The number of hydrogen-bond donors (Lipinski definition) is 4. The number of hydrogen-bond acceptors (Lipinski definition) is 7. The number of halogens is 1. The topological polar surface area (TPSA) is 170 Å². The van der Waals surface area contributed by atoms with E-state index in [0.717, 1.165) is 17.7 Å². The molecule has 1 aliphatic carbocycles. The van der Waals surface area contributed by atoms with Crippen LogP contribution in [0.2, 0.25) is 0 Å². The maximum atomic E-state index is 14.3. The Morgan fingerprint density at radius 2 is 1.97 bits per heavy atom. The van der Waals surface area contributed by atoms with Crippen molar-refractivity contribution in [3.63, 3.8) is 0 Å². The number of sulfonamides is 1. The summed E-state index contributed by atoms with van der Waals surface area (Å²) in [7, 11) is -3.67. The number of anilines is 2. The summed E-state index contributed by atoms with van der Waals surface area (Å²) in [5.74, 6) is -1.65. The molecular weight excluding hydrogens is 461 g/mol. The van der Waals surface area contributed by atoms with Crippen molar-refractivity contribution in [3.8, 4) is 22.6 Å². The molecule has 2 aromatic carbocycles. The molecule has 174 valence electrons. The molecule has 0 spiro atoms. The van der Waals surface area contributed by atoms with E-state index in [1.807, 2.05) is 19.1 Å². The van der Waals surface area contributed by atoms with Gasteiger partial charge in [-0.2, -0.15) is 5.10 Å². The highest BCUT2D eigenvalue weighted by Gasteiger charge is 2.36. The van der Waals surface area contributed by atoms with E-state index in [9.17, 15) is 17.6 Å². The van der Waals surface area contributed by atoms with Gasteiger partial charge in [0.1, 0.15) is 5.82 Å². The smallest absolute Gasteiger partial charge is 0.269 e.